The van der Waals surface area contributed by atoms with Crippen LogP contribution in [-0.2, 0) is 4.79 Å². The standard InChI is InChI=1S/C21H30N2O2S/c1-16(2)19(18(4)24)14-26-15-21(25)23-11-7-10-22(12-13-23)20-9-6-5-8-17(20)3/h5-6,8-9,24H,1,7,10-15H2,2-4H3/b19-18-. The lowest BCUT2D eigenvalue weighted by Gasteiger charge is -2.25. The Morgan fingerprint density at radius 1 is 1.15 bits per heavy atom. The van der Waals surface area contributed by atoms with Gasteiger partial charge in [0.05, 0.1) is 11.5 Å². The Kier molecular flexibility index (Phi) is 7.64. The maximum Gasteiger partial charge on any atom is 0.232 e. The smallest absolute Gasteiger partial charge is 0.232 e. The summed E-state index contributed by atoms with van der Waals surface area (Å²) in [6, 6.07) is 8.43. The van der Waals surface area contributed by atoms with Crippen molar-refractivity contribution >= 4 is 23.4 Å². The second-order valence-corrected chi connectivity index (χ2v) is 7.83. The molecule has 1 heterocycles. The van der Waals surface area contributed by atoms with Gasteiger partial charge in [0.2, 0.25) is 5.91 Å². The molecule has 4 nitrogen and oxygen atoms in total. The molecular weight excluding hydrogens is 344 g/mol. The minimum absolute atomic E-state index is 0.179. The summed E-state index contributed by atoms with van der Waals surface area (Å²) in [6.07, 6.45) is 0.984. The van der Waals surface area contributed by atoms with E-state index in [0.29, 0.717) is 17.3 Å². The lowest BCUT2D eigenvalue weighted by molar-refractivity contribution is -0.128. The van der Waals surface area contributed by atoms with Gasteiger partial charge in [-0.2, -0.15) is 0 Å². The molecule has 0 unspecified atom stereocenters. The summed E-state index contributed by atoms with van der Waals surface area (Å²) in [5.41, 5.74) is 4.24. The van der Waals surface area contributed by atoms with Gasteiger partial charge in [-0.15, -0.1) is 11.8 Å². The molecule has 1 aromatic carbocycles. The molecule has 0 aliphatic carbocycles. The average Bonchev–Trinajstić information content (AvgIpc) is 2.84. The first-order valence-corrected chi connectivity index (χ1v) is 10.3. The van der Waals surface area contributed by atoms with Crippen LogP contribution in [0.2, 0.25) is 0 Å². The van der Waals surface area contributed by atoms with E-state index in [0.717, 1.165) is 43.7 Å². The lowest BCUT2D eigenvalue weighted by Crippen LogP contribution is -2.36. The van der Waals surface area contributed by atoms with Gasteiger partial charge in [0.15, 0.2) is 0 Å². The summed E-state index contributed by atoms with van der Waals surface area (Å²) in [7, 11) is 0. The second kappa shape index (κ2) is 9.72. The SMILES string of the molecule is C=C(C)/C(CSCC(=O)N1CCCN(c2ccccc2C)CC1)=C(/C)O. The molecule has 1 aromatic rings. The van der Waals surface area contributed by atoms with Crippen molar-refractivity contribution in [2.75, 3.05) is 42.6 Å². The Hall–Kier alpha value is -1.88. The molecule has 0 aromatic heterocycles. The summed E-state index contributed by atoms with van der Waals surface area (Å²) < 4.78 is 0. The number of rotatable bonds is 6. The molecule has 0 saturated carbocycles. The van der Waals surface area contributed by atoms with Gasteiger partial charge in [-0.05, 0) is 38.8 Å². The van der Waals surface area contributed by atoms with E-state index in [1.807, 2.05) is 11.8 Å². The molecule has 1 N–H and O–H groups in total. The van der Waals surface area contributed by atoms with E-state index in [9.17, 15) is 9.90 Å². The number of para-hydroxylation sites is 1. The van der Waals surface area contributed by atoms with E-state index in [2.05, 4.69) is 42.7 Å². The fourth-order valence-corrected chi connectivity index (χ4v) is 4.31. The molecule has 0 radical (unpaired) electrons. The Morgan fingerprint density at radius 3 is 2.54 bits per heavy atom. The number of benzene rings is 1. The molecule has 1 aliphatic rings. The molecule has 2 rings (SSSR count). The van der Waals surface area contributed by atoms with Gasteiger partial charge in [0.1, 0.15) is 0 Å². The number of hydrogen-bond acceptors (Lipinski definition) is 4. The van der Waals surface area contributed by atoms with Gasteiger partial charge in [-0.3, -0.25) is 4.79 Å². The highest BCUT2D eigenvalue weighted by Crippen LogP contribution is 2.22. The number of aryl methyl sites for hydroxylation is 1. The molecule has 142 valence electrons. The van der Waals surface area contributed by atoms with Crippen LogP contribution in [0.15, 0.2) is 47.7 Å². The highest BCUT2D eigenvalue weighted by atomic mass is 32.2. The molecule has 1 fully saturated rings. The first-order chi connectivity index (χ1) is 12.4. The lowest BCUT2D eigenvalue weighted by atomic mass is 10.1. The van der Waals surface area contributed by atoms with Crippen molar-refractivity contribution in [3.05, 3.63) is 53.3 Å². The molecule has 0 spiro atoms. The Balaban J connectivity index is 1.87. The third-order valence-corrected chi connectivity index (χ3v) is 5.67. The molecular formula is C21H30N2O2S. The van der Waals surface area contributed by atoms with E-state index in [1.54, 1.807) is 18.7 Å². The quantitative estimate of drug-likeness (QED) is 0.599. The predicted octanol–water partition coefficient (Wildman–Crippen LogP) is 4.18. The Morgan fingerprint density at radius 2 is 1.88 bits per heavy atom. The zero-order chi connectivity index (χ0) is 19.1. The number of nitrogens with zero attached hydrogens (tertiary/aromatic N) is 2. The van der Waals surface area contributed by atoms with Gasteiger partial charge in [0, 0.05) is 43.2 Å². The molecule has 26 heavy (non-hydrogen) atoms. The fraction of sp³-hybridized carbons (Fsp3) is 0.476. The maximum atomic E-state index is 12.6. The van der Waals surface area contributed by atoms with Gasteiger partial charge < -0.3 is 14.9 Å². The van der Waals surface area contributed by atoms with Crippen molar-refractivity contribution in [3.63, 3.8) is 0 Å². The monoisotopic (exact) mass is 374 g/mol. The highest BCUT2D eigenvalue weighted by molar-refractivity contribution is 8.00. The summed E-state index contributed by atoms with van der Waals surface area (Å²) in [6.45, 7) is 13.0. The van der Waals surface area contributed by atoms with E-state index >= 15 is 0 Å². The van der Waals surface area contributed by atoms with E-state index in [-0.39, 0.29) is 5.91 Å². The molecule has 1 saturated heterocycles. The van der Waals surface area contributed by atoms with E-state index in [4.69, 9.17) is 0 Å². The molecule has 0 atom stereocenters. The van der Waals surface area contributed by atoms with Crippen LogP contribution >= 0.6 is 11.8 Å². The normalized spacial score (nSPS) is 16.1. The Labute approximate surface area is 161 Å². The van der Waals surface area contributed by atoms with Crippen LogP contribution in [0.4, 0.5) is 5.69 Å². The van der Waals surface area contributed by atoms with E-state index < -0.39 is 0 Å². The van der Waals surface area contributed by atoms with Crippen molar-refractivity contribution in [2.24, 2.45) is 0 Å². The highest BCUT2D eigenvalue weighted by Gasteiger charge is 2.20. The number of carbonyl (C=O) groups is 1. The van der Waals surface area contributed by atoms with Gasteiger partial charge in [0.25, 0.3) is 0 Å². The number of aliphatic hydroxyl groups is 1. The van der Waals surface area contributed by atoms with Crippen LogP contribution in [0.3, 0.4) is 0 Å². The first-order valence-electron chi connectivity index (χ1n) is 9.11. The number of allylic oxidation sites excluding steroid dienone is 2. The largest absolute Gasteiger partial charge is 0.512 e. The summed E-state index contributed by atoms with van der Waals surface area (Å²) >= 11 is 1.54. The van der Waals surface area contributed by atoms with Gasteiger partial charge in [-0.1, -0.05) is 30.4 Å². The topological polar surface area (TPSA) is 43.8 Å². The minimum Gasteiger partial charge on any atom is -0.512 e. The fourth-order valence-electron chi connectivity index (χ4n) is 3.19. The average molecular weight is 375 g/mol. The minimum atomic E-state index is 0.179. The zero-order valence-corrected chi connectivity index (χ0v) is 16.9. The number of amides is 1. The zero-order valence-electron chi connectivity index (χ0n) is 16.1. The van der Waals surface area contributed by atoms with E-state index in [1.165, 1.54) is 11.3 Å². The molecule has 1 aliphatic heterocycles. The molecule has 0 bridgehead atoms. The summed E-state index contributed by atoms with van der Waals surface area (Å²) in [5, 5.41) is 9.70. The summed E-state index contributed by atoms with van der Waals surface area (Å²) in [4.78, 5) is 16.9. The van der Waals surface area contributed by atoms with Crippen LogP contribution in [0.25, 0.3) is 0 Å². The third-order valence-electron chi connectivity index (χ3n) is 4.73. The number of anilines is 1. The number of carbonyl (C=O) groups excluding carboxylic acids is 1. The van der Waals surface area contributed by atoms with Crippen molar-refractivity contribution < 1.29 is 9.90 Å². The first kappa shape index (κ1) is 20.4. The van der Waals surface area contributed by atoms with Crippen LogP contribution < -0.4 is 4.90 Å². The maximum absolute atomic E-state index is 12.6. The number of thioether (sulfide) groups is 1. The predicted molar refractivity (Wildman–Crippen MR) is 112 cm³/mol. The number of aliphatic hydroxyl groups excluding tert-OH is 1. The second-order valence-electron chi connectivity index (χ2n) is 6.84. The van der Waals surface area contributed by atoms with Crippen molar-refractivity contribution in [3.8, 4) is 0 Å². The van der Waals surface area contributed by atoms with Crippen molar-refractivity contribution in [2.45, 2.75) is 27.2 Å². The molecule has 1 amide bonds. The van der Waals surface area contributed by atoms with Crippen LogP contribution in [0.1, 0.15) is 25.8 Å². The van der Waals surface area contributed by atoms with Crippen molar-refractivity contribution in [1.29, 1.82) is 0 Å². The third kappa shape index (κ3) is 5.56. The van der Waals surface area contributed by atoms with Crippen LogP contribution in [0.5, 0.6) is 0 Å². The van der Waals surface area contributed by atoms with Crippen molar-refractivity contribution in [1.82, 2.24) is 4.90 Å². The summed E-state index contributed by atoms with van der Waals surface area (Å²) in [5.74, 6) is 1.53. The van der Waals surface area contributed by atoms with Crippen LogP contribution in [-0.4, -0.2) is 53.6 Å². The van der Waals surface area contributed by atoms with Gasteiger partial charge in [-0.25, -0.2) is 0 Å². The number of hydrogen-bond donors (Lipinski definition) is 1. The molecule has 5 heteroatoms. The van der Waals surface area contributed by atoms with Gasteiger partial charge >= 0.3 is 0 Å². The Bertz CT molecular complexity index is 680. The van der Waals surface area contributed by atoms with Crippen LogP contribution in [0, 0.1) is 6.92 Å².